The van der Waals surface area contributed by atoms with Gasteiger partial charge in [0.2, 0.25) is 0 Å². The SMILES string of the molecule is Cn1nccc1CN=C(Nc1ccccc1)N1CCCCC1. The molecule has 0 aliphatic carbocycles. The Hall–Kier alpha value is -2.30. The molecule has 116 valence electrons. The van der Waals surface area contributed by atoms with Crippen molar-refractivity contribution in [2.24, 2.45) is 12.0 Å². The molecular formula is C17H23N5. The van der Waals surface area contributed by atoms with Gasteiger partial charge in [0.1, 0.15) is 0 Å². The zero-order valence-corrected chi connectivity index (χ0v) is 13.1. The van der Waals surface area contributed by atoms with E-state index in [2.05, 4.69) is 27.4 Å². The summed E-state index contributed by atoms with van der Waals surface area (Å²) < 4.78 is 1.87. The van der Waals surface area contributed by atoms with E-state index in [4.69, 9.17) is 4.99 Å². The van der Waals surface area contributed by atoms with Crippen molar-refractivity contribution in [3.05, 3.63) is 48.3 Å². The van der Waals surface area contributed by atoms with Crippen molar-refractivity contribution in [3.63, 3.8) is 0 Å². The predicted molar refractivity (Wildman–Crippen MR) is 89.8 cm³/mol. The van der Waals surface area contributed by atoms with E-state index in [9.17, 15) is 0 Å². The minimum atomic E-state index is 0.641. The molecule has 0 bridgehead atoms. The highest BCUT2D eigenvalue weighted by Gasteiger charge is 2.15. The van der Waals surface area contributed by atoms with Crippen molar-refractivity contribution in [3.8, 4) is 0 Å². The molecule has 0 unspecified atom stereocenters. The number of aromatic nitrogens is 2. The molecule has 1 N–H and O–H groups in total. The first kappa shape index (κ1) is 14.6. The van der Waals surface area contributed by atoms with Crippen molar-refractivity contribution in [1.82, 2.24) is 14.7 Å². The normalized spacial score (nSPS) is 15.9. The van der Waals surface area contributed by atoms with Crippen LogP contribution in [0.3, 0.4) is 0 Å². The summed E-state index contributed by atoms with van der Waals surface area (Å²) in [5, 5.41) is 7.68. The number of hydrogen-bond donors (Lipinski definition) is 1. The lowest BCUT2D eigenvalue weighted by Crippen LogP contribution is -2.40. The van der Waals surface area contributed by atoms with E-state index in [1.807, 2.05) is 42.2 Å². The lowest BCUT2D eigenvalue weighted by molar-refractivity contribution is 0.340. The number of guanidine groups is 1. The number of nitrogens with one attached hydrogen (secondary N) is 1. The second kappa shape index (κ2) is 7.11. The van der Waals surface area contributed by atoms with Crippen LogP contribution in [0.1, 0.15) is 25.0 Å². The molecule has 1 fully saturated rings. The van der Waals surface area contributed by atoms with E-state index in [1.54, 1.807) is 0 Å². The van der Waals surface area contributed by atoms with Crippen molar-refractivity contribution >= 4 is 11.6 Å². The molecule has 0 saturated carbocycles. The fourth-order valence-corrected chi connectivity index (χ4v) is 2.69. The van der Waals surface area contributed by atoms with E-state index >= 15 is 0 Å². The predicted octanol–water partition coefficient (Wildman–Crippen LogP) is 2.87. The van der Waals surface area contributed by atoms with Gasteiger partial charge >= 0.3 is 0 Å². The molecule has 0 atom stereocenters. The summed E-state index contributed by atoms with van der Waals surface area (Å²) >= 11 is 0. The molecule has 5 nitrogen and oxygen atoms in total. The fourth-order valence-electron chi connectivity index (χ4n) is 2.69. The van der Waals surface area contributed by atoms with E-state index in [1.165, 1.54) is 19.3 Å². The van der Waals surface area contributed by atoms with Crippen LogP contribution in [0.25, 0.3) is 0 Å². The largest absolute Gasteiger partial charge is 0.343 e. The maximum Gasteiger partial charge on any atom is 0.198 e. The maximum absolute atomic E-state index is 4.82. The van der Waals surface area contributed by atoms with Gasteiger partial charge in [0, 0.05) is 32.0 Å². The van der Waals surface area contributed by atoms with Gasteiger partial charge in [-0.15, -0.1) is 0 Å². The molecule has 22 heavy (non-hydrogen) atoms. The first-order chi connectivity index (χ1) is 10.8. The highest BCUT2D eigenvalue weighted by molar-refractivity contribution is 5.93. The Balaban J connectivity index is 1.77. The summed E-state index contributed by atoms with van der Waals surface area (Å²) in [5.41, 5.74) is 2.20. The summed E-state index contributed by atoms with van der Waals surface area (Å²) in [7, 11) is 1.95. The lowest BCUT2D eigenvalue weighted by Gasteiger charge is -2.30. The Morgan fingerprint density at radius 1 is 1.14 bits per heavy atom. The summed E-state index contributed by atoms with van der Waals surface area (Å²) in [4.78, 5) is 7.17. The Morgan fingerprint density at radius 2 is 1.91 bits per heavy atom. The molecule has 0 radical (unpaired) electrons. The van der Waals surface area contributed by atoms with Gasteiger partial charge < -0.3 is 10.2 Å². The first-order valence-electron chi connectivity index (χ1n) is 7.91. The quantitative estimate of drug-likeness (QED) is 0.700. The third-order valence-corrected chi connectivity index (χ3v) is 4.00. The Morgan fingerprint density at radius 3 is 2.59 bits per heavy atom. The molecule has 2 heterocycles. The number of hydrogen-bond acceptors (Lipinski definition) is 2. The average molecular weight is 297 g/mol. The number of likely N-dealkylation sites (tertiary alicyclic amines) is 1. The second-order valence-corrected chi connectivity index (χ2v) is 5.62. The number of nitrogens with zero attached hydrogens (tertiary/aromatic N) is 4. The molecule has 1 aromatic carbocycles. The first-order valence-corrected chi connectivity index (χ1v) is 7.91. The van der Waals surface area contributed by atoms with Crippen LogP contribution in [0.4, 0.5) is 5.69 Å². The van der Waals surface area contributed by atoms with Gasteiger partial charge in [-0.25, -0.2) is 4.99 Å². The van der Waals surface area contributed by atoms with E-state index in [0.717, 1.165) is 30.4 Å². The van der Waals surface area contributed by atoms with Gasteiger partial charge in [-0.2, -0.15) is 5.10 Å². The molecular weight excluding hydrogens is 274 g/mol. The van der Waals surface area contributed by atoms with Crippen LogP contribution >= 0.6 is 0 Å². The third kappa shape index (κ3) is 3.67. The van der Waals surface area contributed by atoms with Crippen LogP contribution in [0.2, 0.25) is 0 Å². The number of aliphatic imine (C=N–C) groups is 1. The monoisotopic (exact) mass is 297 g/mol. The highest BCUT2D eigenvalue weighted by Crippen LogP contribution is 2.13. The van der Waals surface area contributed by atoms with Crippen LogP contribution in [0, 0.1) is 0 Å². The number of para-hydroxylation sites is 1. The number of aryl methyl sites for hydroxylation is 1. The van der Waals surface area contributed by atoms with Crippen LogP contribution in [0.15, 0.2) is 47.6 Å². The molecule has 5 heteroatoms. The molecule has 3 rings (SSSR count). The number of rotatable bonds is 3. The number of benzene rings is 1. The van der Waals surface area contributed by atoms with E-state index < -0.39 is 0 Å². The van der Waals surface area contributed by atoms with E-state index in [-0.39, 0.29) is 0 Å². The topological polar surface area (TPSA) is 45.5 Å². The second-order valence-electron chi connectivity index (χ2n) is 5.62. The minimum Gasteiger partial charge on any atom is -0.343 e. The maximum atomic E-state index is 4.82. The van der Waals surface area contributed by atoms with Gasteiger partial charge in [-0.05, 0) is 37.5 Å². The number of anilines is 1. The van der Waals surface area contributed by atoms with E-state index in [0.29, 0.717) is 6.54 Å². The Kier molecular flexibility index (Phi) is 4.73. The molecule has 1 aliphatic heterocycles. The zero-order valence-electron chi connectivity index (χ0n) is 13.1. The van der Waals surface area contributed by atoms with Crippen LogP contribution in [-0.2, 0) is 13.6 Å². The summed E-state index contributed by atoms with van der Waals surface area (Å²) in [5.74, 6) is 0.965. The van der Waals surface area contributed by atoms with Crippen LogP contribution in [0.5, 0.6) is 0 Å². The molecule has 1 aliphatic rings. The van der Waals surface area contributed by atoms with Crippen LogP contribution in [-0.4, -0.2) is 33.7 Å². The van der Waals surface area contributed by atoms with Gasteiger partial charge in [-0.3, -0.25) is 4.68 Å². The van der Waals surface area contributed by atoms with Crippen molar-refractivity contribution in [2.75, 3.05) is 18.4 Å². The average Bonchev–Trinajstić information content (AvgIpc) is 2.98. The Bertz CT molecular complexity index is 611. The molecule has 2 aromatic rings. The molecule has 1 saturated heterocycles. The molecule has 0 spiro atoms. The minimum absolute atomic E-state index is 0.641. The Labute approximate surface area is 131 Å². The molecule has 1 aromatic heterocycles. The molecule has 0 amide bonds. The highest BCUT2D eigenvalue weighted by atomic mass is 15.3. The van der Waals surface area contributed by atoms with Gasteiger partial charge in [0.15, 0.2) is 5.96 Å². The summed E-state index contributed by atoms with van der Waals surface area (Å²) in [6.45, 7) is 2.79. The lowest BCUT2D eigenvalue weighted by atomic mass is 10.1. The van der Waals surface area contributed by atoms with Gasteiger partial charge in [0.25, 0.3) is 0 Å². The van der Waals surface area contributed by atoms with Crippen molar-refractivity contribution in [2.45, 2.75) is 25.8 Å². The van der Waals surface area contributed by atoms with Gasteiger partial charge in [0.05, 0.1) is 12.2 Å². The zero-order chi connectivity index (χ0) is 15.2. The standard InChI is InChI=1S/C17H23N5/c1-21-16(10-11-19-21)14-18-17(22-12-6-3-7-13-22)20-15-8-4-2-5-9-15/h2,4-5,8-11H,3,6-7,12-14H2,1H3,(H,18,20). The summed E-state index contributed by atoms with van der Waals surface area (Å²) in [6, 6.07) is 12.3. The van der Waals surface area contributed by atoms with Crippen molar-refractivity contribution in [1.29, 1.82) is 0 Å². The van der Waals surface area contributed by atoms with Crippen molar-refractivity contribution < 1.29 is 0 Å². The fraction of sp³-hybridized carbons (Fsp3) is 0.412. The van der Waals surface area contributed by atoms with Gasteiger partial charge in [-0.1, -0.05) is 18.2 Å². The third-order valence-electron chi connectivity index (χ3n) is 4.00. The van der Waals surface area contributed by atoms with Crippen LogP contribution < -0.4 is 5.32 Å². The smallest absolute Gasteiger partial charge is 0.198 e. The number of piperidine rings is 1. The summed E-state index contributed by atoms with van der Waals surface area (Å²) in [6.07, 6.45) is 5.61.